The number of aliphatic imine (C=N–C) groups is 1. The van der Waals surface area contributed by atoms with Crippen LogP contribution in [-0.4, -0.2) is 32.3 Å². The van der Waals surface area contributed by atoms with Gasteiger partial charge < -0.3 is 4.43 Å². The van der Waals surface area contributed by atoms with Gasteiger partial charge in [0.1, 0.15) is 0 Å². The lowest BCUT2D eigenvalue weighted by molar-refractivity contribution is -0.133. The third-order valence-corrected chi connectivity index (χ3v) is 7.79. The van der Waals surface area contributed by atoms with E-state index in [1.165, 1.54) is 13.0 Å². The van der Waals surface area contributed by atoms with Crippen LogP contribution < -0.4 is 0 Å². The topological polar surface area (TPSA) is 80.8 Å². The minimum Gasteiger partial charge on any atom is -0.513 e. The molecule has 17 heavy (non-hydrogen) atoms. The van der Waals surface area contributed by atoms with Crippen molar-refractivity contribution in [1.29, 1.82) is 0 Å². The Morgan fingerprint density at radius 3 is 2.59 bits per heavy atom. The first kappa shape index (κ1) is 14.0. The normalized spacial score (nSPS) is 19.9. The molecule has 1 saturated heterocycles. The van der Waals surface area contributed by atoms with Gasteiger partial charge in [0.25, 0.3) is 11.4 Å². The summed E-state index contributed by atoms with van der Waals surface area (Å²) in [5.74, 6) is -0.322. The fraction of sp³-hybridized carbons (Fsp3) is 0.800. The Bertz CT molecular complexity index is 338. The van der Waals surface area contributed by atoms with E-state index in [1.54, 1.807) is 6.92 Å². The minimum absolute atomic E-state index is 0.322. The Hall–Kier alpha value is -1.01. The molecule has 0 aliphatic carbocycles. The average Bonchev–Trinajstić information content (AvgIpc) is 3.02. The molecule has 0 radical (unpaired) electrons. The summed E-state index contributed by atoms with van der Waals surface area (Å²) >= 11 is 0. The molecule has 1 rings (SSSR count). The van der Waals surface area contributed by atoms with Gasteiger partial charge in [-0.25, -0.2) is 9.79 Å². The number of nitrogens with zero attached hydrogens (tertiary/aromatic N) is 1. The van der Waals surface area contributed by atoms with Crippen LogP contribution in [0.25, 0.3) is 0 Å². The summed E-state index contributed by atoms with van der Waals surface area (Å²) in [7, 11) is -2.46. The Morgan fingerprint density at radius 1 is 1.53 bits per heavy atom. The van der Waals surface area contributed by atoms with E-state index < -0.39 is 13.7 Å². The highest BCUT2D eigenvalue weighted by molar-refractivity contribution is 6.77. The Kier molecular flexibility index (Phi) is 4.59. The van der Waals surface area contributed by atoms with Gasteiger partial charge in [0.15, 0.2) is 0 Å². The van der Waals surface area contributed by atoms with Crippen LogP contribution in [0.4, 0.5) is 0 Å². The lowest BCUT2D eigenvalue weighted by Gasteiger charge is -2.29. The number of carbonyl (C=O) groups excluding carboxylic acids is 2. The smallest absolute Gasteiger partial charge is 0.323 e. The molecule has 96 valence electrons. The molecule has 0 aromatic heterocycles. The number of hydrogen-bond donors (Lipinski definition) is 0. The van der Waals surface area contributed by atoms with Gasteiger partial charge in [-0.15, -0.1) is 0 Å². The van der Waals surface area contributed by atoms with E-state index in [0.717, 1.165) is 0 Å². The summed E-state index contributed by atoms with van der Waals surface area (Å²) in [6.07, 6.45) is 2.14. The van der Waals surface area contributed by atoms with Gasteiger partial charge in [0, 0.05) is 6.92 Å². The highest BCUT2D eigenvalue weighted by atomic mass is 28.4. The standard InChI is InChI=1S/C10H17NO5Si/c1-4-17(14-9(2)13,10(3)15-16-10)7-5-6-11-8-12/h4-7H2,1-3H3. The van der Waals surface area contributed by atoms with Crippen molar-refractivity contribution in [2.45, 2.75) is 44.7 Å². The van der Waals surface area contributed by atoms with Crippen LogP contribution in [0, 0.1) is 0 Å². The molecule has 0 spiro atoms. The molecule has 0 amide bonds. The van der Waals surface area contributed by atoms with Crippen molar-refractivity contribution in [1.82, 2.24) is 0 Å². The molecule has 1 heterocycles. The van der Waals surface area contributed by atoms with Gasteiger partial charge in [0.2, 0.25) is 6.08 Å². The van der Waals surface area contributed by atoms with Crippen LogP contribution in [0.15, 0.2) is 4.99 Å². The Balaban J connectivity index is 2.69. The molecular weight excluding hydrogens is 242 g/mol. The summed E-state index contributed by atoms with van der Waals surface area (Å²) in [4.78, 5) is 34.6. The first-order valence-corrected chi connectivity index (χ1v) is 7.92. The minimum atomic E-state index is -2.46. The second kappa shape index (κ2) is 5.55. The van der Waals surface area contributed by atoms with Gasteiger partial charge in [0.05, 0.1) is 6.54 Å². The number of rotatable bonds is 7. The quantitative estimate of drug-likeness (QED) is 0.173. The van der Waals surface area contributed by atoms with E-state index >= 15 is 0 Å². The van der Waals surface area contributed by atoms with Crippen LogP contribution >= 0.6 is 0 Å². The van der Waals surface area contributed by atoms with Gasteiger partial charge in [-0.2, -0.15) is 9.78 Å². The van der Waals surface area contributed by atoms with Crippen molar-refractivity contribution in [3.05, 3.63) is 0 Å². The molecule has 6 nitrogen and oxygen atoms in total. The third-order valence-electron chi connectivity index (χ3n) is 2.99. The van der Waals surface area contributed by atoms with Crippen molar-refractivity contribution in [3.8, 4) is 0 Å². The first-order valence-electron chi connectivity index (χ1n) is 5.60. The highest BCUT2D eigenvalue weighted by Gasteiger charge is 2.66. The molecule has 7 heteroatoms. The van der Waals surface area contributed by atoms with Crippen molar-refractivity contribution in [2.24, 2.45) is 4.99 Å². The monoisotopic (exact) mass is 259 g/mol. The fourth-order valence-corrected chi connectivity index (χ4v) is 5.43. The lowest BCUT2D eigenvalue weighted by Crippen LogP contribution is -2.52. The average molecular weight is 259 g/mol. The second-order valence-corrected chi connectivity index (χ2v) is 8.44. The summed E-state index contributed by atoms with van der Waals surface area (Å²) < 4.78 is 5.50. The van der Waals surface area contributed by atoms with Crippen molar-refractivity contribution in [3.63, 3.8) is 0 Å². The van der Waals surface area contributed by atoms with Crippen LogP contribution in [0.1, 0.15) is 27.2 Å². The molecule has 1 aliphatic heterocycles. The van der Waals surface area contributed by atoms with Crippen LogP contribution in [0.3, 0.4) is 0 Å². The van der Waals surface area contributed by atoms with E-state index in [1.807, 2.05) is 6.92 Å². The molecule has 0 bridgehead atoms. The largest absolute Gasteiger partial charge is 0.513 e. The Labute approximate surface area is 101 Å². The molecular formula is C10H17NO5Si. The maximum atomic E-state index is 11.2. The molecule has 1 atom stereocenters. The van der Waals surface area contributed by atoms with E-state index in [0.29, 0.717) is 25.1 Å². The predicted molar refractivity (Wildman–Crippen MR) is 61.0 cm³/mol. The van der Waals surface area contributed by atoms with Gasteiger partial charge in [-0.3, -0.25) is 4.79 Å². The highest BCUT2D eigenvalue weighted by Crippen LogP contribution is 2.44. The first-order chi connectivity index (χ1) is 7.99. The molecule has 1 fully saturated rings. The number of carbonyl (C=O) groups is 1. The van der Waals surface area contributed by atoms with Crippen LogP contribution in [0.2, 0.25) is 12.1 Å². The fourth-order valence-electron chi connectivity index (χ4n) is 1.92. The predicted octanol–water partition coefficient (Wildman–Crippen LogP) is 1.46. The zero-order valence-electron chi connectivity index (χ0n) is 10.3. The lowest BCUT2D eigenvalue weighted by atomic mass is 10.5. The maximum Gasteiger partial charge on any atom is 0.323 e. The van der Waals surface area contributed by atoms with Gasteiger partial charge in [-0.05, 0) is 25.4 Å². The maximum absolute atomic E-state index is 11.2. The molecule has 1 unspecified atom stereocenters. The van der Waals surface area contributed by atoms with E-state index in [-0.39, 0.29) is 5.97 Å². The zero-order valence-corrected chi connectivity index (χ0v) is 11.3. The van der Waals surface area contributed by atoms with Gasteiger partial charge >= 0.3 is 8.32 Å². The van der Waals surface area contributed by atoms with E-state index in [9.17, 15) is 9.59 Å². The zero-order chi connectivity index (χ0) is 12.9. The van der Waals surface area contributed by atoms with E-state index in [2.05, 4.69) is 4.99 Å². The molecule has 0 aromatic rings. The van der Waals surface area contributed by atoms with Crippen molar-refractivity contribution < 1.29 is 23.8 Å². The molecule has 0 N–H and O–H groups in total. The number of isocyanates is 1. The summed E-state index contributed by atoms with van der Waals surface area (Å²) in [6.45, 7) is 5.51. The van der Waals surface area contributed by atoms with Crippen molar-refractivity contribution >= 4 is 20.4 Å². The van der Waals surface area contributed by atoms with E-state index in [4.69, 9.17) is 14.2 Å². The summed E-state index contributed by atoms with van der Waals surface area (Å²) in [5, 5.41) is 0. The summed E-state index contributed by atoms with van der Waals surface area (Å²) in [5.41, 5.74) is -0.752. The van der Waals surface area contributed by atoms with Crippen molar-refractivity contribution in [2.75, 3.05) is 6.54 Å². The Morgan fingerprint density at radius 2 is 2.18 bits per heavy atom. The SMILES string of the molecule is CC[Si](CCCN=C=O)(OC(C)=O)C1(C)OO1. The third kappa shape index (κ3) is 3.23. The summed E-state index contributed by atoms with van der Waals surface area (Å²) in [6, 6.07) is 1.36. The van der Waals surface area contributed by atoms with Crippen LogP contribution in [0.5, 0.6) is 0 Å². The second-order valence-electron chi connectivity index (χ2n) is 4.13. The number of hydrogen-bond acceptors (Lipinski definition) is 6. The molecule has 1 aliphatic rings. The van der Waals surface area contributed by atoms with Crippen LogP contribution in [-0.2, 0) is 23.8 Å². The molecule has 0 saturated carbocycles. The molecule has 0 aromatic carbocycles. The van der Waals surface area contributed by atoms with Gasteiger partial charge in [-0.1, -0.05) is 6.92 Å².